The highest BCUT2D eigenvalue weighted by Gasteiger charge is 2.38. The highest BCUT2D eigenvalue weighted by Crippen LogP contribution is 2.36. The molecule has 1 unspecified atom stereocenters. The van der Waals surface area contributed by atoms with E-state index in [9.17, 15) is 5.11 Å². The quantitative estimate of drug-likeness (QED) is 0.885. The number of aliphatic hydroxyl groups is 1. The van der Waals surface area contributed by atoms with Crippen LogP contribution in [0.1, 0.15) is 46.3 Å². The van der Waals surface area contributed by atoms with Gasteiger partial charge in [0.05, 0.1) is 23.0 Å². The summed E-state index contributed by atoms with van der Waals surface area (Å²) in [6.45, 7) is 12.0. The molecular formula is C16H24BrNO2. The minimum atomic E-state index is -0.446. The molecule has 0 bridgehead atoms. The predicted molar refractivity (Wildman–Crippen MR) is 86.2 cm³/mol. The molecule has 2 rings (SSSR count). The zero-order chi connectivity index (χ0) is 15.1. The minimum Gasteiger partial charge on any atom is -0.389 e. The third kappa shape index (κ3) is 3.54. The van der Waals surface area contributed by atoms with Gasteiger partial charge in [0.25, 0.3) is 0 Å². The molecule has 1 atom stereocenters. The third-order valence-corrected chi connectivity index (χ3v) is 4.13. The van der Waals surface area contributed by atoms with Crippen LogP contribution < -0.4 is 4.90 Å². The maximum Gasteiger partial charge on any atom is 0.0808 e. The molecule has 0 amide bonds. The lowest BCUT2D eigenvalue weighted by Crippen LogP contribution is -2.57. The monoisotopic (exact) mass is 341 g/mol. The first-order valence-corrected chi connectivity index (χ1v) is 7.82. The van der Waals surface area contributed by atoms with Crippen molar-refractivity contribution in [3.8, 4) is 0 Å². The summed E-state index contributed by atoms with van der Waals surface area (Å²) >= 11 is 3.63. The number of rotatable bonds is 2. The second-order valence-electron chi connectivity index (χ2n) is 6.86. The summed E-state index contributed by atoms with van der Waals surface area (Å²) < 4.78 is 7.14. The van der Waals surface area contributed by atoms with E-state index in [2.05, 4.69) is 54.6 Å². The second kappa shape index (κ2) is 5.32. The Morgan fingerprint density at radius 2 is 1.75 bits per heavy atom. The Morgan fingerprint density at radius 1 is 1.20 bits per heavy atom. The van der Waals surface area contributed by atoms with Gasteiger partial charge in [0, 0.05) is 17.6 Å². The van der Waals surface area contributed by atoms with Crippen LogP contribution in [0.3, 0.4) is 0 Å². The van der Waals surface area contributed by atoms with Crippen LogP contribution in [0.4, 0.5) is 5.69 Å². The van der Waals surface area contributed by atoms with E-state index in [-0.39, 0.29) is 11.2 Å². The number of anilines is 1. The van der Waals surface area contributed by atoms with Gasteiger partial charge in [-0.25, -0.2) is 0 Å². The summed E-state index contributed by atoms with van der Waals surface area (Å²) in [5.74, 6) is 0. The number of halogens is 1. The number of nitrogens with zero attached hydrogens (tertiary/aromatic N) is 1. The van der Waals surface area contributed by atoms with Gasteiger partial charge in [-0.15, -0.1) is 0 Å². The van der Waals surface area contributed by atoms with Gasteiger partial charge in [0.15, 0.2) is 0 Å². The van der Waals surface area contributed by atoms with Crippen molar-refractivity contribution in [2.45, 2.75) is 51.9 Å². The van der Waals surface area contributed by atoms with Crippen molar-refractivity contribution in [3.05, 3.63) is 28.2 Å². The van der Waals surface area contributed by atoms with E-state index in [1.165, 1.54) is 0 Å². The number of morpholine rings is 1. The Morgan fingerprint density at radius 3 is 2.20 bits per heavy atom. The Labute approximate surface area is 130 Å². The smallest absolute Gasteiger partial charge is 0.0808 e. The first-order valence-electron chi connectivity index (χ1n) is 7.02. The van der Waals surface area contributed by atoms with E-state index in [1.807, 2.05) is 12.1 Å². The van der Waals surface area contributed by atoms with E-state index < -0.39 is 6.10 Å². The van der Waals surface area contributed by atoms with E-state index in [0.717, 1.165) is 28.8 Å². The van der Waals surface area contributed by atoms with Crippen molar-refractivity contribution in [2.75, 3.05) is 18.0 Å². The second-order valence-corrected chi connectivity index (χ2v) is 7.72. The van der Waals surface area contributed by atoms with Crippen LogP contribution in [0.5, 0.6) is 0 Å². The highest BCUT2D eigenvalue weighted by molar-refractivity contribution is 9.10. The fourth-order valence-corrected chi connectivity index (χ4v) is 3.64. The van der Waals surface area contributed by atoms with E-state index in [4.69, 9.17) is 4.74 Å². The van der Waals surface area contributed by atoms with E-state index in [0.29, 0.717) is 0 Å². The molecule has 0 aromatic heterocycles. The molecule has 20 heavy (non-hydrogen) atoms. The van der Waals surface area contributed by atoms with Crippen LogP contribution in [0.2, 0.25) is 0 Å². The molecule has 0 saturated carbocycles. The molecule has 1 aromatic carbocycles. The topological polar surface area (TPSA) is 32.7 Å². The molecule has 0 spiro atoms. The van der Waals surface area contributed by atoms with Crippen molar-refractivity contribution >= 4 is 21.6 Å². The molecule has 1 aliphatic heterocycles. The van der Waals surface area contributed by atoms with Gasteiger partial charge < -0.3 is 14.7 Å². The summed E-state index contributed by atoms with van der Waals surface area (Å²) in [6, 6.07) is 6.05. The van der Waals surface area contributed by atoms with Crippen LogP contribution in [0.25, 0.3) is 0 Å². The zero-order valence-electron chi connectivity index (χ0n) is 12.9. The summed E-state index contributed by atoms with van der Waals surface area (Å²) in [5, 5.41) is 9.66. The molecule has 1 aliphatic rings. The van der Waals surface area contributed by atoms with Crippen LogP contribution in [-0.4, -0.2) is 29.4 Å². The van der Waals surface area contributed by atoms with Crippen molar-refractivity contribution in [1.29, 1.82) is 0 Å². The molecule has 1 N–H and O–H groups in total. The Balaban J connectivity index is 2.31. The van der Waals surface area contributed by atoms with Gasteiger partial charge in [-0.3, -0.25) is 0 Å². The third-order valence-electron chi connectivity index (χ3n) is 3.49. The van der Waals surface area contributed by atoms with Gasteiger partial charge in [-0.1, -0.05) is 6.07 Å². The van der Waals surface area contributed by atoms with Crippen LogP contribution >= 0.6 is 15.9 Å². The molecule has 0 aliphatic carbocycles. The standard InChI is InChI=1S/C16H24BrNO2/c1-11(19)12-6-7-14(13(17)8-12)18-9-15(2,3)20-16(4,5)10-18/h6-8,11,19H,9-10H2,1-5H3. The van der Waals surface area contributed by atoms with Crippen molar-refractivity contribution in [2.24, 2.45) is 0 Å². The molecular weight excluding hydrogens is 318 g/mol. The highest BCUT2D eigenvalue weighted by atomic mass is 79.9. The molecule has 1 saturated heterocycles. The number of hydrogen-bond donors (Lipinski definition) is 1. The molecule has 1 fully saturated rings. The molecule has 3 nitrogen and oxygen atoms in total. The first-order chi connectivity index (χ1) is 9.10. The Kier molecular flexibility index (Phi) is 4.20. The van der Waals surface area contributed by atoms with Gasteiger partial charge in [0.2, 0.25) is 0 Å². The lowest BCUT2D eigenvalue weighted by atomic mass is 9.98. The minimum absolute atomic E-state index is 0.176. The Hall–Kier alpha value is -0.580. The molecule has 4 heteroatoms. The van der Waals surface area contributed by atoms with Crippen LogP contribution in [0.15, 0.2) is 22.7 Å². The lowest BCUT2D eigenvalue weighted by Gasteiger charge is -2.48. The normalized spacial score (nSPS) is 22.6. The maximum absolute atomic E-state index is 9.66. The Bertz CT molecular complexity index is 481. The summed E-state index contributed by atoms with van der Waals surface area (Å²) in [4.78, 5) is 2.35. The number of benzene rings is 1. The maximum atomic E-state index is 9.66. The van der Waals surface area contributed by atoms with Gasteiger partial charge >= 0.3 is 0 Å². The van der Waals surface area contributed by atoms with Gasteiger partial charge in [-0.2, -0.15) is 0 Å². The summed E-state index contributed by atoms with van der Waals surface area (Å²) in [5.41, 5.74) is 1.72. The molecule has 1 heterocycles. The largest absolute Gasteiger partial charge is 0.389 e. The molecule has 112 valence electrons. The predicted octanol–water partition coefficient (Wildman–Crippen LogP) is 3.90. The van der Waals surface area contributed by atoms with Crippen molar-refractivity contribution in [3.63, 3.8) is 0 Å². The van der Waals surface area contributed by atoms with Gasteiger partial charge in [0.1, 0.15) is 0 Å². The zero-order valence-corrected chi connectivity index (χ0v) is 14.5. The fraction of sp³-hybridized carbons (Fsp3) is 0.625. The molecule has 1 aromatic rings. The number of ether oxygens (including phenoxy) is 1. The SMILES string of the molecule is CC(O)c1ccc(N2CC(C)(C)OC(C)(C)C2)c(Br)c1. The summed E-state index contributed by atoms with van der Waals surface area (Å²) in [7, 11) is 0. The average molecular weight is 342 g/mol. The van der Waals surface area contributed by atoms with Crippen molar-refractivity contribution in [1.82, 2.24) is 0 Å². The van der Waals surface area contributed by atoms with E-state index >= 15 is 0 Å². The van der Waals surface area contributed by atoms with Gasteiger partial charge in [-0.05, 0) is 68.2 Å². The average Bonchev–Trinajstić information content (AvgIpc) is 2.24. The number of hydrogen-bond acceptors (Lipinski definition) is 3. The van der Waals surface area contributed by atoms with Crippen LogP contribution in [-0.2, 0) is 4.74 Å². The van der Waals surface area contributed by atoms with Crippen LogP contribution in [0, 0.1) is 0 Å². The lowest BCUT2D eigenvalue weighted by molar-refractivity contribution is -0.133. The fourth-order valence-electron chi connectivity index (χ4n) is 3.00. The van der Waals surface area contributed by atoms with E-state index in [1.54, 1.807) is 6.92 Å². The first kappa shape index (κ1) is 15.8. The van der Waals surface area contributed by atoms with Crippen molar-refractivity contribution < 1.29 is 9.84 Å². The summed E-state index contributed by atoms with van der Waals surface area (Å²) in [6.07, 6.45) is -0.446. The number of aliphatic hydroxyl groups excluding tert-OH is 1. The molecule has 0 radical (unpaired) electrons.